The van der Waals surface area contributed by atoms with Gasteiger partial charge in [-0.05, 0) is 57.1 Å². The lowest BCUT2D eigenvalue weighted by Gasteiger charge is -2.20. The van der Waals surface area contributed by atoms with Crippen molar-refractivity contribution in [2.45, 2.75) is 39.9 Å². The molecule has 1 aliphatic heterocycles. The number of nitrogens with zero attached hydrogens (tertiary/aromatic N) is 3. The lowest BCUT2D eigenvalue weighted by molar-refractivity contribution is 0.269. The summed E-state index contributed by atoms with van der Waals surface area (Å²) < 4.78 is 0. The number of guanidine groups is 1. The topological polar surface area (TPSA) is 42.9 Å². The molecule has 0 radical (unpaired) electrons. The second kappa shape index (κ2) is 11.7. The summed E-state index contributed by atoms with van der Waals surface area (Å²) in [6.45, 7) is 12.3. The molecule has 1 heterocycles. The van der Waals surface area contributed by atoms with E-state index in [1.165, 1.54) is 41.8 Å². The van der Waals surface area contributed by atoms with Gasteiger partial charge in [-0.15, -0.1) is 0 Å². The Morgan fingerprint density at radius 1 is 0.933 bits per heavy atom. The standard InChI is InChI=1S/C25H37N5/c1-4-26-25(28-19-24-8-5-7-21(2)17-24)27-18-22-9-11-23(12-10-22)20-30-14-6-13-29(3)15-16-30/h5,7-12,17H,4,6,13-16,18-20H2,1-3H3,(H2,26,27,28). The van der Waals surface area contributed by atoms with Gasteiger partial charge < -0.3 is 15.5 Å². The number of hydrogen-bond acceptors (Lipinski definition) is 3. The minimum absolute atomic E-state index is 0.682. The molecule has 2 aromatic carbocycles. The second-order valence-corrected chi connectivity index (χ2v) is 8.29. The van der Waals surface area contributed by atoms with Crippen LogP contribution < -0.4 is 10.6 Å². The van der Waals surface area contributed by atoms with E-state index in [0.29, 0.717) is 6.54 Å². The highest BCUT2D eigenvalue weighted by atomic mass is 15.2. The number of rotatable bonds is 7. The molecular weight excluding hydrogens is 370 g/mol. The molecule has 0 saturated carbocycles. The van der Waals surface area contributed by atoms with E-state index in [0.717, 1.165) is 38.7 Å². The van der Waals surface area contributed by atoms with Gasteiger partial charge in [0.2, 0.25) is 0 Å². The quantitative estimate of drug-likeness (QED) is 0.545. The van der Waals surface area contributed by atoms with Crippen LogP contribution in [0.4, 0.5) is 0 Å². The van der Waals surface area contributed by atoms with Crippen LogP contribution in [0.2, 0.25) is 0 Å². The number of nitrogens with one attached hydrogen (secondary N) is 2. The first-order chi connectivity index (χ1) is 14.6. The zero-order chi connectivity index (χ0) is 21.2. The first-order valence-corrected chi connectivity index (χ1v) is 11.2. The smallest absolute Gasteiger partial charge is 0.191 e. The maximum absolute atomic E-state index is 4.73. The molecule has 1 fully saturated rings. The van der Waals surface area contributed by atoms with E-state index in [2.05, 4.69) is 89.9 Å². The molecule has 0 aromatic heterocycles. The van der Waals surface area contributed by atoms with Crippen molar-refractivity contribution < 1.29 is 0 Å². The van der Waals surface area contributed by atoms with Crippen molar-refractivity contribution >= 4 is 5.96 Å². The Kier molecular flexibility index (Phi) is 8.72. The van der Waals surface area contributed by atoms with Crippen molar-refractivity contribution in [1.82, 2.24) is 20.4 Å². The molecule has 162 valence electrons. The summed E-state index contributed by atoms with van der Waals surface area (Å²) in [5.41, 5.74) is 5.17. The highest BCUT2D eigenvalue weighted by molar-refractivity contribution is 5.79. The van der Waals surface area contributed by atoms with Gasteiger partial charge in [-0.1, -0.05) is 54.1 Å². The third-order valence-electron chi connectivity index (χ3n) is 5.55. The monoisotopic (exact) mass is 407 g/mol. The Balaban J connectivity index is 1.51. The van der Waals surface area contributed by atoms with E-state index >= 15 is 0 Å². The van der Waals surface area contributed by atoms with E-state index in [1.807, 2.05) is 0 Å². The highest BCUT2D eigenvalue weighted by Crippen LogP contribution is 2.10. The molecule has 0 aliphatic carbocycles. The molecule has 0 spiro atoms. The van der Waals surface area contributed by atoms with Crippen LogP contribution in [0.1, 0.15) is 35.6 Å². The van der Waals surface area contributed by atoms with E-state index in [9.17, 15) is 0 Å². The summed E-state index contributed by atoms with van der Waals surface area (Å²) in [5.74, 6) is 0.858. The predicted octanol–water partition coefficient (Wildman–Crippen LogP) is 3.39. The van der Waals surface area contributed by atoms with Gasteiger partial charge >= 0.3 is 0 Å². The predicted molar refractivity (Wildman–Crippen MR) is 127 cm³/mol. The molecule has 1 saturated heterocycles. The SMILES string of the molecule is CCNC(=NCc1cccc(C)c1)NCc1ccc(CN2CCCN(C)CC2)cc1. The van der Waals surface area contributed by atoms with E-state index in [4.69, 9.17) is 4.99 Å². The number of aliphatic imine (C=N–C) groups is 1. The van der Waals surface area contributed by atoms with Crippen LogP contribution in [-0.2, 0) is 19.6 Å². The molecule has 5 nitrogen and oxygen atoms in total. The van der Waals surface area contributed by atoms with Gasteiger partial charge in [0.25, 0.3) is 0 Å². The van der Waals surface area contributed by atoms with Crippen LogP contribution >= 0.6 is 0 Å². The average Bonchev–Trinajstić information content (AvgIpc) is 2.95. The normalized spacial score (nSPS) is 16.3. The average molecular weight is 408 g/mol. The molecule has 5 heteroatoms. The molecule has 1 aliphatic rings. The van der Waals surface area contributed by atoms with E-state index < -0.39 is 0 Å². The summed E-state index contributed by atoms with van der Waals surface area (Å²) >= 11 is 0. The molecule has 2 N–H and O–H groups in total. The first kappa shape index (κ1) is 22.3. The fourth-order valence-electron chi connectivity index (χ4n) is 3.79. The van der Waals surface area contributed by atoms with Gasteiger partial charge in [-0.25, -0.2) is 4.99 Å². The number of aryl methyl sites for hydroxylation is 1. The Morgan fingerprint density at radius 3 is 2.50 bits per heavy atom. The van der Waals surface area contributed by atoms with Crippen LogP contribution in [0.5, 0.6) is 0 Å². The third kappa shape index (κ3) is 7.47. The maximum atomic E-state index is 4.73. The largest absolute Gasteiger partial charge is 0.357 e. The lowest BCUT2D eigenvalue weighted by atomic mass is 10.1. The van der Waals surface area contributed by atoms with Crippen LogP contribution in [0.15, 0.2) is 53.5 Å². The van der Waals surface area contributed by atoms with Gasteiger partial charge in [0.1, 0.15) is 0 Å². The molecule has 0 atom stereocenters. The zero-order valence-electron chi connectivity index (χ0n) is 18.8. The minimum atomic E-state index is 0.682. The fraction of sp³-hybridized carbons (Fsp3) is 0.480. The summed E-state index contributed by atoms with van der Waals surface area (Å²) in [6, 6.07) is 17.5. The molecule has 3 rings (SSSR count). The molecule has 30 heavy (non-hydrogen) atoms. The summed E-state index contributed by atoms with van der Waals surface area (Å²) in [7, 11) is 2.22. The fourth-order valence-corrected chi connectivity index (χ4v) is 3.79. The Hall–Kier alpha value is -2.37. The van der Waals surface area contributed by atoms with Gasteiger partial charge in [0, 0.05) is 32.7 Å². The summed E-state index contributed by atoms with van der Waals surface area (Å²) in [4.78, 5) is 9.73. The van der Waals surface area contributed by atoms with E-state index in [1.54, 1.807) is 0 Å². The van der Waals surface area contributed by atoms with Gasteiger partial charge in [0.05, 0.1) is 6.54 Å². The van der Waals surface area contributed by atoms with Crippen LogP contribution in [0.3, 0.4) is 0 Å². The highest BCUT2D eigenvalue weighted by Gasteiger charge is 2.12. The lowest BCUT2D eigenvalue weighted by Crippen LogP contribution is -2.36. The van der Waals surface area contributed by atoms with Gasteiger partial charge in [0.15, 0.2) is 5.96 Å². The minimum Gasteiger partial charge on any atom is -0.357 e. The van der Waals surface area contributed by atoms with Crippen molar-refractivity contribution in [2.24, 2.45) is 4.99 Å². The Labute approximate surface area is 182 Å². The first-order valence-electron chi connectivity index (χ1n) is 11.2. The summed E-state index contributed by atoms with van der Waals surface area (Å²) in [5, 5.41) is 6.80. The number of likely N-dealkylation sites (N-methyl/N-ethyl adjacent to an activating group) is 1. The van der Waals surface area contributed by atoms with Crippen molar-refractivity contribution in [3.63, 3.8) is 0 Å². The van der Waals surface area contributed by atoms with Crippen molar-refractivity contribution in [2.75, 3.05) is 39.8 Å². The molecule has 2 aromatic rings. The van der Waals surface area contributed by atoms with Crippen LogP contribution in [0, 0.1) is 6.92 Å². The number of benzene rings is 2. The van der Waals surface area contributed by atoms with Crippen LogP contribution in [-0.4, -0.2) is 55.5 Å². The summed E-state index contributed by atoms with van der Waals surface area (Å²) in [6.07, 6.45) is 1.26. The molecule has 0 unspecified atom stereocenters. The van der Waals surface area contributed by atoms with Crippen molar-refractivity contribution in [3.05, 3.63) is 70.8 Å². The Bertz CT molecular complexity index is 799. The third-order valence-corrected chi connectivity index (χ3v) is 5.55. The van der Waals surface area contributed by atoms with Crippen molar-refractivity contribution in [3.8, 4) is 0 Å². The molecular formula is C25H37N5. The van der Waals surface area contributed by atoms with Gasteiger partial charge in [-0.3, -0.25) is 4.90 Å². The molecule has 0 amide bonds. The van der Waals surface area contributed by atoms with Crippen LogP contribution in [0.25, 0.3) is 0 Å². The zero-order valence-corrected chi connectivity index (χ0v) is 18.8. The van der Waals surface area contributed by atoms with Gasteiger partial charge in [-0.2, -0.15) is 0 Å². The Morgan fingerprint density at radius 2 is 1.73 bits per heavy atom. The molecule has 0 bridgehead atoms. The maximum Gasteiger partial charge on any atom is 0.191 e. The second-order valence-electron chi connectivity index (χ2n) is 8.29. The van der Waals surface area contributed by atoms with E-state index in [-0.39, 0.29) is 0 Å². The van der Waals surface area contributed by atoms with Crippen molar-refractivity contribution in [1.29, 1.82) is 0 Å². The number of hydrogen-bond donors (Lipinski definition) is 2.